The summed E-state index contributed by atoms with van der Waals surface area (Å²) in [5.74, 6) is 0. The van der Waals surface area contributed by atoms with Crippen molar-refractivity contribution in [1.82, 2.24) is 0 Å². The Kier molecular flexibility index (Phi) is 5.56. The molecule has 0 aliphatic rings. The topological polar surface area (TPSA) is 21.3 Å². The third-order valence-electron chi connectivity index (χ3n) is 2.21. The molecule has 0 radical (unpaired) electrons. The highest BCUT2D eigenvalue weighted by molar-refractivity contribution is 6.69. The fourth-order valence-electron chi connectivity index (χ4n) is 1.39. The van der Waals surface area contributed by atoms with Gasteiger partial charge in [0.2, 0.25) is 0 Å². The van der Waals surface area contributed by atoms with Gasteiger partial charge in [-0.25, -0.2) is 0 Å². The Morgan fingerprint density at radius 3 is 2.38 bits per heavy atom. The minimum atomic E-state index is -1.30. The van der Waals surface area contributed by atoms with Crippen LogP contribution in [0.15, 0.2) is 30.3 Å². The molecule has 1 aromatic carbocycles. The molecule has 0 aliphatic heterocycles. The monoisotopic (exact) mass is 237 g/mol. The van der Waals surface area contributed by atoms with Crippen LogP contribution in [0, 0.1) is 0 Å². The summed E-state index contributed by atoms with van der Waals surface area (Å²) < 4.78 is 5.79. The molecule has 0 fully saturated rings. The number of hydrogen-bond acceptors (Lipinski definition) is 2. The van der Waals surface area contributed by atoms with Gasteiger partial charge in [-0.1, -0.05) is 18.2 Å². The van der Waals surface area contributed by atoms with Gasteiger partial charge in [0.05, 0.1) is 0 Å². The Hall–Kier alpha value is -0.803. The fraction of sp³-hybridized carbons (Fsp3) is 0.538. The maximum atomic E-state index is 5.79. The summed E-state index contributed by atoms with van der Waals surface area (Å²) in [6, 6.07) is 10.3. The molecule has 0 saturated heterocycles. The summed E-state index contributed by atoms with van der Waals surface area (Å²) >= 11 is 0. The summed E-state index contributed by atoms with van der Waals surface area (Å²) in [6.07, 6.45) is 2.31. The van der Waals surface area contributed by atoms with Crippen molar-refractivity contribution in [2.24, 2.45) is 0 Å². The molecular weight excluding hydrogens is 214 g/mol. The number of unbranched alkanes of at least 4 members (excludes halogenated alkanes) is 1. The molecule has 0 heterocycles. The minimum absolute atomic E-state index is 0.909. The van der Waals surface area contributed by atoms with E-state index in [0.717, 1.165) is 19.6 Å². The van der Waals surface area contributed by atoms with E-state index >= 15 is 0 Å². The highest BCUT2D eigenvalue weighted by Crippen LogP contribution is 2.06. The van der Waals surface area contributed by atoms with Crippen molar-refractivity contribution in [2.75, 3.05) is 18.5 Å². The van der Waals surface area contributed by atoms with E-state index in [0.29, 0.717) is 0 Å². The highest BCUT2D eigenvalue weighted by atomic mass is 28.4. The van der Waals surface area contributed by atoms with E-state index in [1.807, 2.05) is 6.07 Å². The van der Waals surface area contributed by atoms with E-state index in [1.165, 1.54) is 12.1 Å². The van der Waals surface area contributed by atoms with E-state index in [1.54, 1.807) is 0 Å². The van der Waals surface area contributed by atoms with Gasteiger partial charge in [-0.3, -0.25) is 0 Å². The number of para-hydroxylation sites is 1. The molecule has 3 heteroatoms. The predicted octanol–water partition coefficient (Wildman–Crippen LogP) is 3.73. The minimum Gasteiger partial charge on any atom is -0.418 e. The SMILES string of the molecule is C[Si](C)(C)OCCCCNc1ccccc1. The Labute approximate surface area is 100 Å². The standard InChI is InChI=1S/C13H23NOSi/c1-16(2,3)15-12-8-7-11-14-13-9-5-4-6-10-13/h4-6,9-10,14H,7-8,11-12H2,1-3H3. The first kappa shape index (κ1) is 13.3. The van der Waals surface area contributed by atoms with Crippen LogP contribution in [0.4, 0.5) is 5.69 Å². The lowest BCUT2D eigenvalue weighted by Gasteiger charge is -2.16. The molecule has 90 valence electrons. The molecule has 2 nitrogen and oxygen atoms in total. The second-order valence-electron chi connectivity index (χ2n) is 4.96. The number of benzene rings is 1. The van der Waals surface area contributed by atoms with Crippen LogP contribution in [0.25, 0.3) is 0 Å². The third-order valence-corrected chi connectivity index (χ3v) is 3.28. The molecule has 16 heavy (non-hydrogen) atoms. The second kappa shape index (κ2) is 6.71. The largest absolute Gasteiger partial charge is 0.418 e. The van der Waals surface area contributed by atoms with Crippen LogP contribution in [-0.2, 0) is 4.43 Å². The average molecular weight is 237 g/mol. The number of rotatable bonds is 7. The predicted molar refractivity (Wildman–Crippen MR) is 73.5 cm³/mol. The lowest BCUT2D eigenvalue weighted by molar-refractivity contribution is 0.302. The van der Waals surface area contributed by atoms with Crippen molar-refractivity contribution in [3.8, 4) is 0 Å². The number of anilines is 1. The molecule has 1 N–H and O–H groups in total. The van der Waals surface area contributed by atoms with Crippen LogP contribution < -0.4 is 5.32 Å². The van der Waals surface area contributed by atoms with E-state index < -0.39 is 8.32 Å². The Bertz CT molecular complexity index is 282. The Morgan fingerprint density at radius 1 is 1.06 bits per heavy atom. The van der Waals surface area contributed by atoms with E-state index in [4.69, 9.17) is 4.43 Å². The molecule has 0 unspecified atom stereocenters. The lowest BCUT2D eigenvalue weighted by Crippen LogP contribution is -2.25. The number of hydrogen-bond donors (Lipinski definition) is 1. The summed E-state index contributed by atoms with van der Waals surface area (Å²) in [5, 5.41) is 3.40. The lowest BCUT2D eigenvalue weighted by atomic mass is 10.3. The van der Waals surface area contributed by atoms with Gasteiger partial charge in [-0.05, 0) is 44.6 Å². The zero-order valence-corrected chi connectivity index (χ0v) is 11.6. The van der Waals surface area contributed by atoms with Crippen molar-refractivity contribution in [1.29, 1.82) is 0 Å². The smallest absolute Gasteiger partial charge is 0.183 e. The van der Waals surface area contributed by atoms with Crippen LogP contribution in [0.1, 0.15) is 12.8 Å². The highest BCUT2D eigenvalue weighted by Gasteiger charge is 2.12. The van der Waals surface area contributed by atoms with Crippen molar-refractivity contribution in [3.63, 3.8) is 0 Å². The van der Waals surface area contributed by atoms with Gasteiger partial charge in [-0.15, -0.1) is 0 Å². The molecule has 0 atom stereocenters. The van der Waals surface area contributed by atoms with Crippen LogP contribution in [0.3, 0.4) is 0 Å². The van der Waals surface area contributed by atoms with Gasteiger partial charge < -0.3 is 9.74 Å². The first-order chi connectivity index (χ1) is 7.58. The van der Waals surface area contributed by atoms with Gasteiger partial charge in [-0.2, -0.15) is 0 Å². The van der Waals surface area contributed by atoms with Crippen LogP contribution >= 0.6 is 0 Å². The van der Waals surface area contributed by atoms with Gasteiger partial charge >= 0.3 is 0 Å². The number of nitrogens with one attached hydrogen (secondary N) is 1. The average Bonchev–Trinajstić information content (AvgIpc) is 2.23. The zero-order chi connectivity index (χ0) is 11.9. The normalized spacial score (nSPS) is 11.4. The van der Waals surface area contributed by atoms with Crippen LogP contribution in [0.2, 0.25) is 19.6 Å². The van der Waals surface area contributed by atoms with Gasteiger partial charge in [0, 0.05) is 18.8 Å². The molecule has 0 aliphatic carbocycles. The van der Waals surface area contributed by atoms with Crippen molar-refractivity contribution in [2.45, 2.75) is 32.5 Å². The summed E-state index contributed by atoms with van der Waals surface area (Å²) in [6.45, 7) is 8.63. The summed E-state index contributed by atoms with van der Waals surface area (Å²) in [4.78, 5) is 0. The zero-order valence-electron chi connectivity index (χ0n) is 10.6. The van der Waals surface area contributed by atoms with Crippen molar-refractivity contribution >= 4 is 14.0 Å². The summed E-state index contributed by atoms with van der Waals surface area (Å²) in [7, 11) is -1.30. The molecule has 0 aromatic heterocycles. The van der Waals surface area contributed by atoms with Crippen molar-refractivity contribution in [3.05, 3.63) is 30.3 Å². The summed E-state index contributed by atoms with van der Waals surface area (Å²) in [5.41, 5.74) is 1.20. The van der Waals surface area contributed by atoms with Gasteiger partial charge in [0.15, 0.2) is 8.32 Å². The van der Waals surface area contributed by atoms with E-state index in [-0.39, 0.29) is 0 Å². The third kappa shape index (κ3) is 6.64. The fourth-order valence-corrected chi connectivity index (χ4v) is 2.15. The van der Waals surface area contributed by atoms with Crippen LogP contribution in [-0.4, -0.2) is 21.5 Å². The first-order valence-corrected chi connectivity index (χ1v) is 9.42. The quantitative estimate of drug-likeness (QED) is 0.576. The molecule has 0 spiro atoms. The molecule has 0 bridgehead atoms. The maximum absolute atomic E-state index is 5.79. The van der Waals surface area contributed by atoms with Crippen LogP contribution in [0.5, 0.6) is 0 Å². The van der Waals surface area contributed by atoms with Crippen molar-refractivity contribution < 1.29 is 4.43 Å². The first-order valence-electron chi connectivity index (χ1n) is 6.01. The molecule has 0 amide bonds. The molecular formula is C13H23NOSi. The Balaban J connectivity index is 2.01. The Morgan fingerprint density at radius 2 is 1.75 bits per heavy atom. The van der Waals surface area contributed by atoms with Gasteiger partial charge in [0.1, 0.15) is 0 Å². The molecule has 0 saturated carbocycles. The molecule has 1 rings (SSSR count). The van der Waals surface area contributed by atoms with Gasteiger partial charge in [0.25, 0.3) is 0 Å². The van der Waals surface area contributed by atoms with E-state index in [2.05, 4.69) is 49.2 Å². The second-order valence-corrected chi connectivity index (χ2v) is 9.47. The molecule has 1 aromatic rings. The maximum Gasteiger partial charge on any atom is 0.183 e. The van der Waals surface area contributed by atoms with E-state index in [9.17, 15) is 0 Å².